The van der Waals surface area contributed by atoms with Crippen LogP contribution >= 0.6 is 0 Å². The van der Waals surface area contributed by atoms with Crippen LogP contribution in [0, 0.1) is 0 Å². The van der Waals surface area contributed by atoms with Gasteiger partial charge in [-0.2, -0.15) is 0 Å². The molecule has 2 aliphatic heterocycles. The molecule has 0 bridgehead atoms. The van der Waals surface area contributed by atoms with Crippen molar-refractivity contribution in [3.05, 3.63) is 0 Å². The minimum absolute atomic E-state index is 0.0853. The molecule has 0 aliphatic carbocycles. The summed E-state index contributed by atoms with van der Waals surface area (Å²) in [6, 6.07) is 0.399. The Balaban J connectivity index is 1.79. The Kier molecular flexibility index (Phi) is 7.01. The van der Waals surface area contributed by atoms with Gasteiger partial charge in [0, 0.05) is 65.3 Å². The maximum atomic E-state index is 12.5. The smallest absolute Gasteiger partial charge is 0.236 e. The number of amides is 2. The fourth-order valence-corrected chi connectivity index (χ4v) is 3.63. The van der Waals surface area contributed by atoms with Crippen molar-refractivity contribution in [2.45, 2.75) is 39.3 Å². The number of β-amino-alcohol motifs (C(OH)–C–C–N with tert-alkyl or cyclic N) is 1. The van der Waals surface area contributed by atoms with Crippen molar-refractivity contribution in [3.8, 4) is 0 Å². The lowest BCUT2D eigenvalue weighted by atomic mass is 10.1. The molecule has 138 valence electrons. The van der Waals surface area contributed by atoms with Gasteiger partial charge in [-0.15, -0.1) is 0 Å². The van der Waals surface area contributed by atoms with E-state index in [0.717, 1.165) is 26.1 Å². The zero-order valence-electron chi connectivity index (χ0n) is 15.3. The minimum Gasteiger partial charge on any atom is -0.392 e. The largest absolute Gasteiger partial charge is 0.392 e. The number of hydrogen-bond acceptors (Lipinski definition) is 5. The maximum absolute atomic E-state index is 12.5. The molecule has 1 N–H and O–H groups in total. The molecule has 2 rings (SSSR count). The molecule has 7 heteroatoms. The lowest BCUT2D eigenvalue weighted by Crippen LogP contribution is -2.57. The number of carbonyl (C=O) groups excluding carboxylic acids is 2. The van der Waals surface area contributed by atoms with Gasteiger partial charge in [0.2, 0.25) is 11.8 Å². The van der Waals surface area contributed by atoms with Gasteiger partial charge in [-0.1, -0.05) is 6.92 Å². The number of aliphatic hydroxyl groups is 1. The second-order valence-corrected chi connectivity index (χ2v) is 7.03. The van der Waals surface area contributed by atoms with Gasteiger partial charge in [-0.05, 0) is 13.3 Å². The monoisotopic (exact) mass is 340 g/mol. The van der Waals surface area contributed by atoms with E-state index in [1.807, 2.05) is 11.8 Å². The average Bonchev–Trinajstić information content (AvgIpc) is 2.55. The van der Waals surface area contributed by atoms with Crippen molar-refractivity contribution < 1.29 is 14.7 Å². The Labute approximate surface area is 145 Å². The van der Waals surface area contributed by atoms with Crippen LogP contribution < -0.4 is 0 Å². The molecular weight excluding hydrogens is 308 g/mol. The van der Waals surface area contributed by atoms with Crippen LogP contribution in [0.4, 0.5) is 0 Å². The van der Waals surface area contributed by atoms with Gasteiger partial charge in [-0.25, -0.2) is 0 Å². The van der Waals surface area contributed by atoms with Crippen LogP contribution in [0.5, 0.6) is 0 Å². The molecule has 2 atom stereocenters. The minimum atomic E-state index is -0.315. The third kappa shape index (κ3) is 5.16. The fraction of sp³-hybridized carbons (Fsp3) is 0.882. The SMILES string of the molecule is CC[C@H]1CN(CC(=O)N2CCN(C(C)=O)CC2)CCN1C[C@H](C)O. The number of hydrogen-bond donors (Lipinski definition) is 1. The van der Waals surface area contributed by atoms with Gasteiger partial charge in [0.25, 0.3) is 0 Å². The van der Waals surface area contributed by atoms with Gasteiger partial charge >= 0.3 is 0 Å². The molecule has 2 amide bonds. The highest BCUT2D eigenvalue weighted by atomic mass is 16.3. The first kappa shape index (κ1) is 19.1. The summed E-state index contributed by atoms with van der Waals surface area (Å²) in [4.78, 5) is 32.1. The van der Waals surface area contributed by atoms with Gasteiger partial charge in [-0.3, -0.25) is 19.4 Å². The predicted molar refractivity (Wildman–Crippen MR) is 92.6 cm³/mol. The molecule has 24 heavy (non-hydrogen) atoms. The standard InChI is InChI=1S/C17H32N4O3/c1-4-16-12-18(5-6-21(16)11-14(2)22)13-17(24)20-9-7-19(8-10-20)15(3)23/h14,16,22H,4-13H2,1-3H3/t14-,16-/m0/s1. The zero-order valence-corrected chi connectivity index (χ0v) is 15.3. The van der Waals surface area contributed by atoms with Crippen molar-refractivity contribution in [3.63, 3.8) is 0 Å². The molecule has 0 saturated carbocycles. The van der Waals surface area contributed by atoms with Crippen molar-refractivity contribution in [2.24, 2.45) is 0 Å². The summed E-state index contributed by atoms with van der Waals surface area (Å²) in [7, 11) is 0. The van der Waals surface area contributed by atoms with Gasteiger partial charge in [0.05, 0.1) is 12.6 Å². The van der Waals surface area contributed by atoms with Crippen LogP contribution in [0.2, 0.25) is 0 Å². The molecule has 0 aromatic rings. The Morgan fingerprint density at radius 2 is 1.71 bits per heavy atom. The second-order valence-electron chi connectivity index (χ2n) is 7.03. The van der Waals surface area contributed by atoms with Gasteiger partial charge < -0.3 is 14.9 Å². The first-order chi connectivity index (χ1) is 11.4. The Morgan fingerprint density at radius 3 is 2.25 bits per heavy atom. The summed E-state index contributed by atoms with van der Waals surface area (Å²) in [5.74, 6) is 0.249. The zero-order chi connectivity index (χ0) is 17.7. The first-order valence-corrected chi connectivity index (χ1v) is 9.08. The summed E-state index contributed by atoms with van der Waals surface area (Å²) >= 11 is 0. The highest BCUT2D eigenvalue weighted by Crippen LogP contribution is 2.14. The molecule has 0 spiro atoms. The quantitative estimate of drug-likeness (QED) is 0.728. The number of aliphatic hydroxyl groups excluding tert-OH is 1. The molecule has 2 fully saturated rings. The van der Waals surface area contributed by atoms with Crippen molar-refractivity contribution in [1.29, 1.82) is 0 Å². The summed E-state index contributed by atoms with van der Waals surface area (Å²) in [5, 5.41) is 9.62. The number of carbonyl (C=O) groups is 2. The molecule has 0 unspecified atom stereocenters. The van der Waals surface area contributed by atoms with Crippen LogP contribution in [0.3, 0.4) is 0 Å². The maximum Gasteiger partial charge on any atom is 0.236 e. The summed E-state index contributed by atoms with van der Waals surface area (Å²) < 4.78 is 0. The molecule has 0 radical (unpaired) electrons. The third-order valence-corrected chi connectivity index (χ3v) is 5.10. The fourth-order valence-electron chi connectivity index (χ4n) is 3.63. The molecule has 0 aromatic carbocycles. The lowest BCUT2D eigenvalue weighted by molar-refractivity contribution is -0.139. The van der Waals surface area contributed by atoms with E-state index < -0.39 is 0 Å². The van der Waals surface area contributed by atoms with Crippen molar-refractivity contribution >= 4 is 11.8 Å². The van der Waals surface area contributed by atoms with E-state index in [0.29, 0.717) is 45.3 Å². The van der Waals surface area contributed by atoms with Gasteiger partial charge in [0.15, 0.2) is 0 Å². The van der Waals surface area contributed by atoms with Crippen LogP contribution in [-0.4, -0.2) is 108 Å². The second kappa shape index (κ2) is 8.78. The number of nitrogens with zero attached hydrogens (tertiary/aromatic N) is 4. The van der Waals surface area contributed by atoms with E-state index in [1.165, 1.54) is 0 Å². The summed E-state index contributed by atoms with van der Waals surface area (Å²) in [6.07, 6.45) is 0.708. The molecular formula is C17H32N4O3. The van der Waals surface area contributed by atoms with Crippen molar-refractivity contribution in [1.82, 2.24) is 19.6 Å². The molecule has 2 aliphatic rings. The third-order valence-electron chi connectivity index (χ3n) is 5.10. The Morgan fingerprint density at radius 1 is 1.08 bits per heavy atom. The Hall–Kier alpha value is -1.18. The number of piperazine rings is 2. The van der Waals surface area contributed by atoms with Crippen LogP contribution in [0.25, 0.3) is 0 Å². The van der Waals surface area contributed by atoms with E-state index in [9.17, 15) is 14.7 Å². The summed E-state index contributed by atoms with van der Waals surface area (Å²) in [5.41, 5.74) is 0. The van der Waals surface area contributed by atoms with Crippen molar-refractivity contribution in [2.75, 3.05) is 58.9 Å². The van der Waals surface area contributed by atoms with E-state index in [2.05, 4.69) is 16.7 Å². The van der Waals surface area contributed by atoms with Gasteiger partial charge in [0.1, 0.15) is 0 Å². The molecule has 2 saturated heterocycles. The Bertz CT molecular complexity index is 436. The topological polar surface area (TPSA) is 67.3 Å². The molecule has 7 nitrogen and oxygen atoms in total. The van der Waals surface area contributed by atoms with E-state index in [4.69, 9.17) is 0 Å². The highest BCUT2D eigenvalue weighted by Gasteiger charge is 2.29. The average molecular weight is 340 g/mol. The van der Waals surface area contributed by atoms with E-state index in [-0.39, 0.29) is 17.9 Å². The lowest BCUT2D eigenvalue weighted by Gasteiger charge is -2.42. The molecule has 0 aromatic heterocycles. The highest BCUT2D eigenvalue weighted by molar-refractivity contribution is 5.79. The number of rotatable bonds is 5. The van der Waals surface area contributed by atoms with Crippen LogP contribution in [0.15, 0.2) is 0 Å². The summed E-state index contributed by atoms with van der Waals surface area (Å²) in [6.45, 7) is 11.9. The molecule has 2 heterocycles. The van der Waals surface area contributed by atoms with Crippen LogP contribution in [-0.2, 0) is 9.59 Å². The van der Waals surface area contributed by atoms with Crippen LogP contribution in [0.1, 0.15) is 27.2 Å². The van der Waals surface area contributed by atoms with E-state index in [1.54, 1.807) is 11.8 Å². The van der Waals surface area contributed by atoms with E-state index >= 15 is 0 Å². The normalized spacial score (nSPS) is 24.9. The first-order valence-electron chi connectivity index (χ1n) is 9.08. The predicted octanol–water partition coefficient (Wildman–Crippen LogP) is -0.546.